The van der Waals surface area contributed by atoms with E-state index < -0.39 is 120 Å². The molecule has 7 amide bonds. The number of aliphatic imine (C=N–C) groups is 1. The van der Waals surface area contributed by atoms with Gasteiger partial charge in [0, 0.05) is 6.54 Å². The molecule has 0 radical (unpaired) electrons. The molecule has 0 aliphatic heterocycles. The van der Waals surface area contributed by atoms with Crippen molar-refractivity contribution in [2.45, 2.75) is 186 Å². The zero-order chi connectivity index (χ0) is 54.2. The topological polar surface area (TPSA) is 447 Å². The molecule has 25 heteroatoms. The molecule has 25 nitrogen and oxygen atoms in total. The van der Waals surface area contributed by atoms with Gasteiger partial charge in [0.15, 0.2) is 5.96 Å². The van der Waals surface area contributed by atoms with Crippen LogP contribution in [0, 0.1) is 17.8 Å². The molecule has 0 fully saturated rings. The van der Waals surface area contributed by atoms with Crippen LogP contribution in [0.5, 0.6) is 0 Å². The number of unbranched alkanes of at least 4 members (excludes halogenated alkanes) is 3. The number of nitrogens with zero attached hydrogens (tertiary/aromatic N) is 1. The average molecular weight is 1010 g/mol. The van der Waals surface area contributed by atoms with Crippen molar-refractivity contribution >= 4 is 59.2 Å². The Morgan fingerprint density at radius 1 is 0.479 bits per heavy atom. The van der Waals surface area contributed by atoms with Crippen molar-refractivity contribution in [3.63, 3.8) is 0 Å². The Kier molecular flexibility index (Phi) is 33.4. The second-order valence-corrected chi connectivity index (χ2v) is 18.5. The fraction of sp³-hybridized carbons (Fsp3) is 0.783. The number of amides is 7. The Morgan fingerprint density at radius 3 is 1.30 bits per heavy atom. The van der Waals surface area contributed by atoms with Crippen LogP contribution in [0.4, 0.5) is 0 Å². The highest BCUT2D eigenvalue weighted by atomic mass is 16.4. The zero-order valence-corrected chi connectivity index (χ0v) is 42.8. The maximum absolute atomic E-state index is 14.3. The van der Waals surface area contributed by atoms with Gasteiger partial charge in [0.25, 0.3) is 0 Å². The molecule has 0 aromatic heterocycles. The third-order valence-electron chi connectivity index (χ3n) is 12.0. The summed E-state index contributed by atoms with van der Waals surface area (Å²) in [6.45, 7) is 11.5. The van der Waals surface area contributed by atoms with E-state index in [4.69, 9.17) is 34.4 Å². The van der Waals surface area contributed by atoms with Crippen molar-refractivity contribution in [1.82, 2.24) is 37.2 Å². The van der Waals surface area contributed by atoms with Crippen molar-refractivity contribution in [3.05, 3.63) is 0 Å². The highest BCUT2D eigenvalue weighted by Gasteiger charge is 2.36. The van der Waals surface area contributed by atoms with E-state index in [9.17, 15) is 53.4 Å². The Morgan fingerprint density at radius 2 is 0.859 bits per heavy atom. The predicted octanol–water partition coefficient (Wildman–Crippen LogP) is -2.15. The molecule has 10 atom stereocenters. The first kappa shape index (κ1) is 65.3. The summed E-state index contributed by atoms with van der Waals surface area (Å²) in [5.74, 6) is -9.62. The lowest BCUT2D eigenvalue weighted by Crippen LogP contribution is -2.61. The third-order valence-corrected chi connectivity index (χ3v) is 12.0. The van der Waals surface area contributed by atoms with Crippen LogP contribution < -0.4 is 71.6 Å². The number of carboxylic acid groups (broad SMARTS) is 2. The van der Waals surface area contributed by atoms with E-state index in [-0.39, 0.29) is 63.5 Å². The Bertz CT molecular complexity index is 1720. The van der Waals surface area contributed by atoms with Crippen LogP contribution in [0.1, 0.15) is 138 Å². The lowest BCUT2D eigenvalue weighted by Gasteiger charge is -2.30. The average Bonchev–Trinajstić information content (AvgIpc) is 3.30. The van der Waals surface area contributed by atoms with E-state index in [0.717, 1.165) is 0 Å². The second-order valence-electron chi connectivity index (χ2n) is 18.5. The van der Waals surface area contributed by atoms with Gasteiger partial charge in [-0.3, -0.25) is 43.3 Å². The first-order valence-electron chi connectivity index (χ1n) is 25.0. The molecule has 0 unspecified atom stereocenters. The summed E-state index contributed by atoms with van der Waals surface area (Å²) >= 11 is 0. The fourth-order valence-electron chi connectivity index (χ4n) is 7.27. The van der Waals surface area contributed by atoms with E-state index in [2.05, 4.69) is 42.2 Å². The maximum Gasteiger partial charge on any atom is 0.326 e. The maximum atomic E-state index is 14.3. The second kappa shape index (κ2) is 36.3. The summed E-state index contributed by atoms with van der Waals surface area (Å²) in [4.78, 5) is 125. The van der Waals surface area contributed by atoms with E-state index in [1.807, 2.05) is 0 Å². The highest BCUT2D eigenvalue weighted by Crippen LogP contribution is 2.15. The van der Waals surface area contributed by atoms with Crippen LogP contribution in [0.3, 0.4) is 0 Å². The molecule has 0 rings (SSSR count). The predicted molar refractivity (Wildman–Crippen MR) is 268 cm³/mol. The summed E-state index contributed by atoms with van der Waals surface area (Å²) < 4.78 is 0. The van der Waals surface area contributed by atoms with Crippen molar-refractivity contribution in [1.29, 1.82) is 0 Å². The molecular formula is C46H88N14O11. The van der Waals surface area contributed by atoms with Crippen LogP contribution in [0.15, 0.2) is 4.99 Å². The molecule has 0 aliphatic rings. The lowest BCUT2D eigenvalue weighted by molar-refractivity contribution is -0.144. The first-order valence-corrected chi connectivity index (χ1v) is 25.0. The van der Waals surface area contributed by atoms with E-state index in [0.29, 0.717) is 64.5 Å². The third kappa shape index (κ3) is 26.9. The number of carbonyl (C=O) groups excluding carboxylic acids is 7. The number of hydrogen-bond acceptors (Lipinski definition) is 14. The minimum atomic E-state index is -1.61. The molecule has 408 valence electrons. The highest BCUT2D eigenvalue weighted by molar-refractivity contribution is 5.98. The van der Waals surface area contributed by atoms with Crippen molar-refractivity contribution < 1.29 is 53.4 Å². The van der Waals surface area contributed by atoms with Gasteiger partial charge in [0.2, 0.25) is 41.4 Å². The molecule has 0 aliphatic carbocycles. The first-order chi connectivity index (χ1) is 33.5. The van der Waals surface area contributed by atoms with Gasteiger partial charge in [0.05, 0.1) is 12.5 Å². The van der Waals surface area contributed by atoms with Crippen LogP contribution in [-0.4, -0.2) is 144 Å². The van der Waals surface area contributed by atoms with Gasteiger partial charge < -0.3 is 81.8 Å². The van der Waals surface area contributed by atoms with Crippen LogP contribution in [0.2, 0.25) is 0 Å². The Hall–Kier alpha value is -5.66. The summed E-state index contributed by atoms with van der Waals surface area (Å²) in [7, 11) is 0. The standard InChI is InChI=1S/C46H88N14O11/c1-7-27(5)36(44(69)56-31(18-11-14-22-49)41(66)60-37(45(70)71)28(6)8-2)59-40(65)32(19-15-23-53-46(51)52)54-39(64)30(17-10-13-21-48)55-42(67)33(24-26(3)4)58-43(68)34(25-35(61)62)57-38(63)29(50)16-9-12-20-47/h26-34,36-37H,7-25,47-50H2,1-6H3,(H,54,64)(H,55,67)(H,56,69)(H,57,63)(H,58,68)(H,59,65)(H,60,66)(H,61,62)(H,70,71)(H4,51,52,53)/t27-,28-,29-,30-,31-,32-,33-,34-,36-,37-/m0/s1. The molecule has 0 bridgehead atoms. The Labute approximate surface area is 418 Å². The van der Waals surface area contributed by atoms with E-state index in [1.165, 1.54) is 0 Å². The molecule has 0 heterocycles. The van der Waals surface area contributed by atoms with Gasteiger partial charge >= 0.3 is 11.9 Å². The minimum Gasteiger partial charge on any atom is -0.481 e. The van der Waals surface area contributed by atoms with Crippen LogP contribution in [-0.2, 0) is 43.2 Å². The van der Waals surface area contributed by atoms with Gasteiger partial charge in [0.1, 0.15) is 42.3 Å². The SMILES string of the molecule is CC[C@H](C)[C@H](NC(=O)[C@H](CCCCN)NC(=O)[C@@H](NC(=O)[C@H](CCCN=C(N)N)NC(=O)[C@H](CCCCN)NC(=O)[C@H](CC(C)C)NC(=O)[C@H](CC(=O)O)NC(=O)[C@@H](N)CCCCN)[C@@H](C)CC)C(=O)O. The number of rotatable bonds is 39. The summed E-state index contributed by atoms with van der Waals surface area (Å²) in [6, 6.07) is -10.3. The summed E-state index contributed by atoms with van der Waals surface area (Å²) in [5, 5.41) is 37.7. The number of hydrogen-bond donors (Lipinski definition) is 15. The fourth-order valence-corrected chi connectivity index (χ4v) is 7.27. The molecule has 0 spiro atoms. The van der Waals surface area contributed by atoms with E-state index >= 15 is 0 Å². The largest absolute Gasteiger partial charge is 0.481 e. The minimum absolute atomic E-state index is 0.0312. The smallest absolute Gasteiger partial charge is 0.326 e. The monoisotopic (exact) mass is 1010 g/mol. The normalized spacial score (nSPS) is 15.4. The number of nitrogens with two attached hydrogens (primary N) is 6. The van der Waals surface area contributed by atoms with Gasteiger partial charge in [-0.15, -0.1) is 0 Å². The van der Waals surface area contributed by atoms with Gasteiger partial charge in [-0.25, -0.2) is 4.79 Å². The zero-order valence-electron chi connectivity index (χ0n) is 42.8. The molecule has 21 N–H and O–H groups in total. The molecule has 0 saturated heterocycles. The van der Waals surface area contributed by atoms with Gasteiger partial charge in [-0.2, -0.15) is 0 Å². The molecule has 0 aromatic carbocycles. The number of nitrogens with one attached hydrogen (secondary N) is 7. The van der Waals surface area contributed by atoms with Crippen LogP contribution >= 0.6 is 0 Å². The molecule has 71 heavy (non-hydrogen) atoms. The van der Waals surface area contributed by atoms with E-state index in [1.54, 1.807) is 41.5 Å². The molecular weight excluding hydrogens is 925 g/mol. The summed E-state index contributed by atoms with van der Waals surface area (Å²) in [5.41, 5.74) is 34.0. The number of carboxylic acids is 2. The van der Waals surface area contributed by atoms with Crippen molar-refractivity contribution in [2.75, 3.05) is 26.2 Å². The molecule has 0 aromatic rings. The number of guanidine groups is 1. The quantitative estimate of drug-likeness (QED) is 0.0177. The molecule has 0 saturated carbocycles. The Balaban J connectivity index is 6.84. The van der Waals surface area contributed by atoms with Gasteiger partial charge in [-0.1, -0.05) is 60.8 Å². The van der Waals surface area contributed by atoms with Crippen molar-refractivity contribution in [3.8, 4) is 0 Å². The van der Waals surface area contributed by atoms with Crippen LogP contribution in [0.25, 0.3) is 0 Å². The number of aliphatic carboxylic acids is 2. The van der Waals surface area contributed by atoms with Crippen molar-refractivity contribution in [2.24, 2.45) is 57.1 Å². The summed E-state index contributed by atoms with van der Waals surface area (Å²) in [6.07, 6.45) is 3.39. The van der Waals surface area contributed by atoms with Gasteiger partial charge in [-0.05, 0) is 108 Å². The number of carbonyl (C=O) groups is 9. The lowest BCUT2D eigenvalue weighted by atomic mass is 9.96.